The van der Waals surface area contributed by atoms with Gasteiger partial charge in [0.2, 0.25) is 47.3 Å². The predicted molar refractivity (Wildman–Crippen MR) is 433 cm³/mol. The number of nitrogens with one attached hydrogen (secondary N) is 3. The molecule has 17 N–H and O–H groups in total. The molecular formula is C78H107CoN19O21PS. The molecule has 8 heterocycles. The number of amides is 9. The second-order valence-corrected chi connectivity index (χ2v) is 34.9. The van der Waals surface area contributed by atoms with Gasteiger partial charge in [-0.05, 0) is 130 Å². The topological polar surface area (TPSA) is 640 Å². The first-order valence-corrected chi connectivity index (χ1v) is 41.4. The summed E-state index contributed by atoms with van der Waals surface area (Å²) in [7, 11) is -5.45. The molecule has 2 aromatic heterocycles. The first kappa shape index (κ1) is 97.9. The molecule has 43 heteroatoms. The Morgan fingerprint density at radius 3 is 1.94 bits per heavy atom. The zero-order valence-electron chi connectivity index (χ0n) is 69.8. The number of phosphoric ester groups is 1. The number of aliphatic hydroxyl groups is 2. The van der Waals surface area contributed by atoms with Crippen LogP contribution >= 0.6 is 7.82 Å². The van der Waals surface area contributed by atoms with Crippen molar-refractivity contribution in [2.45, 2.75) is 194 Å². The van der Waals surface area contributed by atoms with Gasteiger partial charge in [0, 0.05) is 121 Å². The summed E-state index contributed by atoms with van der Waals surface area (Å²) in [5, 5.41) is 38.6. The van der Waals surface area contributed by atoms with E-state index in [4.69, 9.17) is 99.3 Å². The molecule has 660 valence electrons. The molecule has 6 aliphatic heterocycles. The molecule has 0 spiro atoms. The van der Waals surface area contributed by atoms with E-state index in [1.54, 1.807) is 13.0 Å². The number of nitrogens with two attached hydrogens (primary N) is 6. The molecule has 2 saturated heterocycles. The van der Waals surface area contributed by atoms with Gasteiger partial charge in [-0.2, -0.15) is 15.7 Å². The van der Waals surface area contributed by atoms with E-state index in [2.05, 4.69) is 30.6 Å². The van der Waals surface area contributed by atoms with Gasteiger partial charge in [-0.3, -0.25) is 58.4 Å². The Morgan fingerprint density at radius 1 is 0.769 bits per heavy atom. The minimum absolute atomic E-state index is 0. The molecule has 40 nitrogen and oxygen atoms in total. The normalized spacial score (nSPS) is 28.0. The molecule has 2 unspecified atom stereocenters. The predicted octanol–water partition coefficient (Wildman–Crippen LogP) is 3.83. The maximum Gasteiger partial charge on any atom is 3.00 e. The fraction of sp³-hybridized carbons (Fsp3) is 0.564. The van der Waals surface area contributed by atoms with Crippen LogP contribution in [0.25, 0.3) is 16.4 Å². The number of primary amides is 6. The number of ether oxygens (including phenoxy) is 5. The fourth-order valence-corrected chi connectivity index (χ4v) is 19.4. The molecule has 10 rings (SSSR count). The molecule has 121 heavy (non-hydrogen) atoms. The van der Waals surface area contributed by atoms with Gasteiger partial charge in [-0.1, -0.05) is 59.2 Å². The van der Waals surface area contributed by atoms with Crippen LogP contribution in [0.15, 0.2) is 96.9 Å². The first-order chi connectivity index (χ1) is 56.2. The van der Waals surface area contributed by atoms with E-state index in [0.717, 1.165) is 11.1 Å². The Hall–Kier alpha value is -10.2. The van der Waals surface area contributed by atoms with Crippen LogP contribution in [0.2, 0.25) is 0 Å². The van der Waals surface area contributed by atoms with Crippen molar-refractivity contribution in [3.8, 4) is 17.8 Å². The third kappa shape index (κ3) is 21.5. The fourth-order valence-electron chi connectivity index (χ4n) is 17.2. The molecule has 6 aliphatic rings. The maximum atomic E-state index is 14.4. The van der Waals surface area contributed by atoms with Gasteiger partial charge in [0.25, 0.3) is 17.8 Å². The molecule has 0 aliphatic carbocycles. The standard InChI is InChI=1S/C62H90N13O14P.C15H19N5O7S.CN.Co/c1-29-20-39-40(21-30(29)2)75(28-70-39)57-52(84)53(41(27-76)87-57)89-90(85,86)88-31(3)26-69-49(83)18-19-59(8)37(22-46(66)80)56-62(11)61(10,25-48(68)82)36(14-17-45(65)79)51(74-62)33(5)55-60(9,24-47(67)81)34(12-15-43(63)77)38(71-55)23-42-58(6,7)35(13-16-44(64)78)50(72-42)32(4)54(59)73-56;1-24-8-9-27-10-6-4-5-7-11(10)28(22,23)20-13(21)16-12-17-14(25-2)19-15(18-12)26-3;1-2;/h20-21,23,28,31,34-37,41,52-53,56-57,76,84H,12-19,22,24-27H2,1-11H3,(H15,63,64,65,66,67,68,69,71,72,73,74,77,78,79,80,81,82,83,85,86);4-7H,8-9H2,1-3H3,(H2,16,17,18,19,20,21);;/q;;-1;+3/p-2/t31?,34-,35-,36-,37+,41-,52-,53-,56-,57+,59-,60+,61+,62+;;;/m1.../s1. The summed E-state index contributed by atoms with van der Waals surface area (Å²) in [6, 6.07) is 7.17. The molecule has 2 fully saturated rings. The molecule has 2 aromatic carbocycles. The number of carbonyl (C=O) groups excluding carboxylic acids is 8. The van der Waals surface area contributed by atoms with Crippen molar-refractivity contribution in [2.75, 3.05) is 53.0 Å². The number of benzene rings is 2. The Kier molecular flexibility index (Phi) is 32.2. The number of hydrogen-bond donors (Lipinski definition) is 11. The maximum absolute atomic E-state index is 14.4. The van der Waals surface area contributed by atoms with Crippen LogP contribution < -0.4 is 68.9 Å². The summed E-state index contributed by atoms with van der Waals surface area (Å²) in [6.45, 7) is 24.1. The average molecular weight is 1770 g/mol. The monoisotopic (exact) mass is 1770 g/mol. The summed E-state index contributed by atoms with van der Waals surface area (Å²) in [6.07, 6.45) is -4.79. The molecule has 0 radical (unpaired) electrons. The van der Waals surface area contributed by atoms with Crippen LogP contribution in [-0.2, 0) is 83.5 Å². The van der Waals surface area contributed by atoms with Crippen molar-refractivity contribution in [3.05, 3.63) is 100 Å². The minimum atomic E-state index is -5.32. The Balaban J connectivity index is 0.000000548. The number of sulfonamides is 1. The smallest absolute Gasteiger partial charge is 0.756 e. The van der Waals surface area contributed by atoms with E-state index in [1.807, 2.05) is 85.2 Å². The summed E-state index contributed by atoms with van der Waals surface area (Å²) in [5.74, 6) is -7.59. The van der Waals surface area contributed by atoms with E-state index >= 15 is 0 Å². The summed E-state index contributed by atoms with van der Waals surface area (Å²) < 4.78 is 78.8. The number of carbonyl (C=O) groups is 8. The van der Waals surface area contributed by atoms with Gasteiger partial charge in [0.05, 0.1) is 50.9 Å². The Bertz CT molecular complexity index is 5000. The molecule has 0 saturated carbocycles. The van der Waals surface area contributed by atoms with Crippen LogP contribution in [-0.4, -0.2) is 191 Å². The van der Waals surface area contributed by atoms with Gasteiger partial charge < -0.3 is 109 Å². The second-order valence-electron chi connectivity index (χ2n) is 32.0. The van der Waals surface area contributed by atoms with Crippen LogP contribution in [0.3, 0.4) is 0 Å². The number of anilines is 1. The summed E-state index contributed by atoms with van der Waals surface area (Å²) in [4.78, 5) is 151. The number of fused-ring (bicyclic) bond motifs is 7. The quantitative estimate of drug-likeness (QED) is 0.0177. The number of imidazole rings is 1. The average Bonchev–Trinajstić information content (AvgIpc) is 1.53. The number of allylic oxidation sites excluding steroid dienone is 6. The van der Waals surface area contributed by atoms with Gasteiger partial charge in [-0.15, -0.1) is 4.98 Å². The third-order valence-electron chi connectivity index (χ3n) is 23.6. The number of urea groups is 1. The number of nitrogens with zero attached hydrogens (tertiary/aromatic N) is 10. The number of aryl methyl sites for hydroxylation is 2. The number of hydrogen-bond acceptors (Lipinski definition) is 29. The van der Waals surface area contributed by atoms with Gasteiger partial charge in [0.15, 0.2) is 6.23 Å². The van der Waals surface area contributed by atoms with E-state index in [9.17, 15) is 66.4 Å². The molecule has 9 amide bonds. The van der Waals surface area contributed by atoms with E-state index in [1.165, 1.54) is 57.3 Å². The van der Waals surface area contributed by atoms with E-state index < -0.39 is 159 Å². The number of aromatic nitrogens is 5. The number of rotatable bonds is 35. The van der Waals surface area contributed by atoms with Crippen molar-refractivity contribution in [2.24, 2.45) is 94.7 Å². The van der Waals surface area contributed by atoms with Crippen molar-refractivity contribution in [1.29, 1.82) is 5.26 Å². The van der Waals surface area contributed by atoms with Gasteiger partial charge in [0.1, 0.15) is 35.6 Å². The van der Waals surface area contributed by atoms with Crippen LogP contribution in [0, 0.1) is 71.0 Å². The number of aliphatic hydroxyl groups excluding tert-OH is 2. The van der Waals surface area contributed by atoms with Crippen molar-refractivity contribution in [3.63, 3.8) is 0 Å². The Morgan fingerprint density at radius 2 is 1.36 bits per heavy atom. The molecule has 8 bridgehead atoms. The zero-order chi connectivity index (χ0) is 89.3. The molecule has 15 atom stereocenters. The first-order valence-electron chi connectivity index (χ1n) is 38.5. The van der Waals surface area contributed by atoms with E-state index in [-0.39, 0.29) is 136 Å². The van der Waals surface area contributed by atoms with Crippen LogP contribution in [0.4, 0.5) is 10.7 Å². The number of aliphatic imine (C=N–C) groups is 3. The van der Waals surface area contributed by atoms with E-state index in [0.29, 0.717) is 56.4 Å². The zero-order valence-corrected chi connectivity index (χ0v) is 72.5. The number of para-hydroxylation sites is 1. The van der Waals surface area contributed by atoms with Crippen LogP contribution in [0.5, 0.6) is 17.8 Å². The van der Waals surface area contributed by atoms with Crippen molar-refractivity contribution >= 4 is 99.3 Å². The largest absolute Gasteiger partial charge is 3.00 e. The number of phosphoric acid groups is 1. The molecular weight excluding hydrogens is 1660 g/mol. The number of methoxy groups -OCH3 is 3. The third-order valence-corrected chi connectivity index (χ3v) is 26.1. The SMILES string of the molecule is C/C1=C2N=C(/C=C3N=C(/C(C)=C4\[N-][C@@](C)([C@@H]5N=C1[C@](C)(CCC(=O)NCC(C)OP(=O)([O-])O[C@H]1[C@@H](O)[C@@H](n6cnc7cc(C)c(C)cc76)O[C@@H]1CO)[C@H]5CC(N)=O)[C@@](C)(CC(N)=O)[C@@H]4CCC(N)=O)[C@@](C)(CC(N)=O)[C@@H]\3CCC(N)=O)C(C)(C)[C@@H]/2CCC(N)=O.COCCOc1ccccc1S(=O)(=O)NC(=O)Nc1nc(OC)nc(OC)n1.[C-]#N.[Co+3]. The second kappa shape index (κ2) is 39.8. The minimum Gasteiger partial charge on any atom is -0.756 e. The van der Waals surface area contributed by atoms with Gasteiger partial charge >= 0.3 is 34.8 Å². The summed E-state index contributed by atoms with van der Waals surface area (Å²) >= 11 is 0. The Labute approximate surface area is 710 Å². The molecule has 4 aromatic rings. The van der Waals surface area contributed by atoms with Crippen molar-refractivity contribution < 1.29 is 116 Å². The van der Waals surface area contributed by atoms with Crippen molar-refractivity contribution in [1.82, 2.24) is 34.5 Å². The van der Waals surface area contributed by atoms with Gasteiger partial charge in [-0.25, -0.2) is 22.9 Å². The summed E-state index contributed by atoms with van der Waals surface area (Å²) in [5.41, 5.74) is 36.7. The van der Waals surface area contributed by atoms with Crippen LogP contribution in [0.1, 0.15) is 150 Å².